The molecule has 0 atom stereocenters. The van der Waals surface area contributed by atoms with Gasteiger partial charge >= 0.3 is 11.9 Å². The molecular formula is C26H25F3N6O4S. The summed E-state index contributed by atoms with van der Waals surface area (Å²) in [5.41, 5.74) is 2.94. The van der Waals surface area contributed by atoms with E-state index in [4.69, 9.17) is 5.14 Å². The van der Waals surface area contributed by atoms with Crippen LogP contribution in [0.25, 0.3) is 16.7 Å². The summed E-state index contributed by atoms with van der Waals surface area (Å²) in [7, 11) is -3.80. The average Bonchev–Trinajstić information content (AvgIpc) is 3.22. The number of sulfonamides is 1. The number of carbonyl (C=O) groups is 1. The van der Waals surface area contributed by atoms with Gasteiger partial charge in [0, 0.05) is 43.1 Å². The van der Waals surface area contributed by atoms with E-state index in [0.717, 1.165) is 0 Å². The zero-order valence-electron chi connectivity index (χ0n) is 21.0. The molecule has 210 valence electrons. The van der Waals surface area contributed by atoms with Gasteiger partial charge in [0.1, 0.15) is 0 Å². The van der Waals surface area contributed by atoms with Crippen LogP contribution in [0, 0.1) is 0 Å². The first-order valence-corrected chi connectivity index (χ1v) is 13.8. The van der Waals surface area contributed by atoms with Gasteiger partial charge in [-0.15, -0.1) is 0 Å². The molecule has 5 rings (SSSR count). The number of carbonyl (C=O) groups excluding carboxylic acids is 1. The third-order valence-corrected chi connectivity index (χ3v) is 7.52. The summed E-state index contributed by atoms with van der Waals surface area (Å²) in [5, 5.41) is 8.27. The molecule has 0 saturated carbocycles. The minimum atomic E-state index is -4.27. The number of hydrogen-bond donors (Lipinski definition) is 3. The minimum absolute atomic E-state index is 0.00821. The van der Waals surface area contributed by atoms with E-state index in [1.807, 2.05) is 0 Å². The Kier molecular flexibility index (Phi) is 7.16. The number of primary sulfonamides is 1. The molecule has 1 saturated heterocycles. The van der Waals surface area contributed by atoms with Crippen molar-refractivity contribution in [3.8, 4) is 5.69 Å². The monoisotopic (exact) mass is 574 g/mol. The number of imidazole rings is 1. The first-order valence-electron chi connectivity index (χ1n) is 12.2. The summed E-state index contributed by atoms with van der Waals surface area (Å²) in [6.45, 7) is -0.303. The molecule has 10 nitrogen and oxygen atoms in total. The summed E-state index contributed by atoms with van der Waals surface area (Å²) in [6, 6.07) is 17.6. The van der Waals surface area contributed by atoms with Crippen molar-refractivity contribution in [1.82, 2.24) is 19.4 Å². The van der Waals surface area contributed by atoms with Crippen molar-refractivity contribution in [3.63, 3.8) is 0 Å². The van der Waals surface area contributed by atoms with E-state index in [2.05, 4.69) is 10.3 Å². The maximum absolute atomic E-state index is 12.9. The van der Waals surface area contributed by atoms with Crippen molar-refractivity contribution in [2.45, 2.75) is 11.1 Å². The van der Waals surface area contributed by atoms with Crippen LogP contribution in [-0.2, 0) is 10.0 Å². The van der Waals surface area contributed by atoms with Gasteiger partial charge in [0.05, 0.1) is 28.2 Å². The van der Waals surface area contributed by atoms with Crippen LogP contribution in [0.3, 0.4) is 0 Å². The molecule has 1 aliphatic rings. The number of aromatic amines is 1. The fraction of sp³-hybridized carbons (Fsp3) is 0.231. The Hall–Kier alpha value is -4.14. The number of H-pyrrole nitrogens is 1. The number of hydrogen-bond acceptors (Lipinski definition) is 6. The zero-order chi connectivity index (χ0) is 28.7. The lowest BCUT2D eigenvalue weighted by molar-refractivity contribution is -0.148. The fourth-order valence-corrected chi connectivity index (χ4v) is 5.15. The molecule has 3 aromatic carbocycles. The summed E-state index contributed by atoms with van der Waals surface area (Å²) in [6.07, 6.45) is -4.27. The van der Waals surface area contributed by atoms with Gasteiger partial charge in [-0.05, 0) is 66.7 Å². The summed E-state index contributed by atoms with van der Waals surface area (Å²) >= 11 is 0. The molecular weight excluding hydrogens is 549 g/mol. The van der Waals surface area contributed by atoms with Crippen molar-refractivity contribution < 1.29 is 26.4 Å². The Morgan fingerprint density at radius 1 is 0.925 bits per heavy atom. The number of aromatic nitrogens is 2. The van der Waals surface area contributed by atoms with Crippen molar-refractivity contribution >= 4 is 38.3 Å². The molecule has 0 radical (unpaired) electrons. The molecule has 2 heterocycles. The van der Waals surface area contributed by atoms with E-state index in [0.29, 0.717) is 33.7 Å². The summed E-state index contributed by atoms with van der Waals surface area (Å²) in [5.74, 6) is -0.280. The molecule has 0 bridgehead atoms. The predicted molar refractivity (Wildman–Crippen MR) is 143 cm³/mol. The van der Waals surface area contributed by atoms with Gasteiger partial charge in [-0.1, -0.05) is 0 Å². The SMILES string of the molecule is NS(=O)(=O)c1ccc(Nc2ccc3c(c2)[nH]c(=O)n3-c2ccc(C(=O)N3CCN(CC(F)(F)F)CC3)cc2)cc1. The van der Waals surface area contributed by atoms with E-state index in [1.54, 1.807) is 54.6 Å². The highest BCUT2D eigenvalue weighted by Gasteiger charge is 2.33. The lowest BCUT2D eigenvalue weighted by atomic mass is 10.1. The Morgan fingerprint density at radius 2 is 1.55 bits per heavy atom. The number of rotatable bonds is 6. The normalized spacial score (nSPS) is 14.9. The van der Waals surface area contributed by atoms with Gasteiger partial charge in [0.15, 0.2) is 0 Å². The lowest BCUT2D eigenvalue weighted by Gasteiger charge is -2.35. The zero-order valence-corrected chi connectivity index (χ0v) is 21.8. The van der Waals surface area contributed by atoms with Crippen molar-refractivity contribution in [2.24, 2.45) is 5.14 Å². The Morgan fingerprint density at radius 3 is 2.15 bits per heavy atom. The van der Waals surface area contributed by atoms with E-state index in [1.165, 1.54) is 26.5 Å². The second-order valence-electron chi connectivity index (χ2n) is 9.42. The van der Waals surface area contributed by atoms with E-state index >= 15 is 0 Å². The first kappa shape index (κ1) is 27.4. The van der Waals surface area contributed by atoms with Gasteiger partial charge in [-0.25, -0.2) is 18.4 Å². The van der Waals surface area contributed by atoms with Crippen LogP contribution in [0.5, 0.6) is 0 Å². The highest BCUT2D eigenvalue weighted by atomic mass is 32.2. The standard InChI is InChI=1S/C26H25F3N6O4S/c27-26(28,29)16-33-11-13-34(14-12-33)24(36)17-1-6-20(7-2-17)35-23-10-5-19(15-22(23)32-25(35)37)31-18-3-8-21(9-4-18)40(30,38)39/h1-10,15,31H,11-14,16H2,(H,32,37)(H2,30,38,39). The average molecular weight is 575 g/mol. The smallest absolute Gasteiger partial charge is 0.355 e. The molecule has 0 aliphatic carbocycles. The number of halogens is 3. The van der Waals surface area contributed by atoms with Crippen LogP contribution in [0.15, 0.2) is 76.4 Å². The maximum Gasteiger partial charge on any atom is 0.401 e. The van der Waals surface area contributed by atoms with E-state index in [9.17, 15) is 31.2 Å². The van der Waals surface area contributed by atoms with Crippen LogP contribution in [0.1, 0.15) is 10.4 Å². The number of benzene rings is 3. The molecule has 4 aromatic rings. The van der Waals surface area contributed by atoms with Crippen molar-refractivity contribution in [3.05, 3.63) is 82.8 Å². The van der Waals surface area contributed by atoms with Crippen LogP contribution < -0.4 is 16.1 Å². The number of amides is 1. The predicted octanol–water partition coefficient (Wildman–Crippen LogP) is 3.03. The number of nitrogens with one attached hydrogen (secondary N) is 2. The van der Waals surface area contributed by atoms with Crippen molar-refractivity contribution in [2.75, 3.05) is 38.0 Å². The molecule has 1 aliphatic heterocycles. The van der Waals surface area contributed by atoms with Gasteiger partial charge in [-0.2, -0.15) is 13.2 Å². The largest absolute Gasteiger partial charge is 0.401 e. The lowest BCUT2D eigenvalue weighted by Crippen LogP contribution is -2.50. The van der Waals surface area contributed by atoms with Gasteiger partial charge < -0.3 is 15.2 Å². The summed E-state index contributed by atoms with van der Waals surface area (Å²) in [4.78, 5) is 31.3. The fourth-order valence-electron chi connectivity index (χ4n) is 4.64. The number of nitrogens with zero attached hydrogens (tertiary/aromatic N) is 3. The third kappa shape index (κ3) is 6.03. The number of fused-ring (bicyclic) bond motifs is 1. The second kappa shape index (κ2) is 10.4. The Bertz CT molecular complexity index is 1710. The van der Waals surface area contributed by atoms with Gasteiger partial charge in [0.2, 0.25) is 10.0 Å². The van der Waals surface area contributed by atoms with Gasteiger partial charge in [-0.3, -0.25) is 14.3 Å². The Labute approximate surface area is 226 Å². The third-order valence-electron chi connectivity index (χ3n) is 6.59. The molecule has 40 heavy (non-hydrogen) atoms. The second-order valence-corrected chi connectivity index (χ2v) is 11.0. The van der Waals surface area contributed by atoms with Crippen LogP contribution in [0.4, 0.5) is 24.5 Å². The highest BCUT2D eigenvalue weighted by molar-refractivity contribution is 7.89. The molecule has 1 amide bonds. The highest BCUT2D eigenvalue weighted by Crippen LogP contribution is 2.24. The van der Waals surface area contributed by atoms with E-state index < -0.39 is 22.7 Å². The molecule has 0 unspecified atom stereocenters. The van der Waals surface area contributed by atoms with Crippen molar-refractivity contribution in [1.29, 1.82) is 0 Å². The number of alkyl halides is 3. The van der Waals surface area contributed by atoms with Crippen LogP contribution >= 0.6 is 0 Å². The number of nitrogens with two attached hydrogens (primary N) is 1. The number of piperazine rings is 1. The van der Waals surface area contributed by atoms with Crippen LogP contribution in [0.2, 0.25) is 0 Å². The molecule has 1 fully saturated rings. The van der Waals surface area contributed by atoms with Crippen LogP contribution in [-0.4, -0.2) is 72.6 Å². The quantitative estimate of drug-likeness (QED) is 0.324. The molecule has 4 N–H and O–H groups in total. The summed E-state index contributed by atoms with van der Waals surface area (Å²) < 4.78 is 62.2. The topological polar surface area (TPSA) is 134 Å². The maximum atomic E-state index is 12.9. The van der Waals surface area contributed by atoms with Gasteiger partial charge in [0.25, 0.3) is 5.91 Å². The Balaban J connectivity index is 1.29. The molecule has 14 heteroatoms. The van der Waals surface area contributed by atoms with E-state index in [-0.39, 0.29) is 42.7 Å². The first-order chi connectivity index (χ1) is 18.9. The number of anilines is 2. The molecule has 1 aromatic heterocycles. The molecule has 0 spiro atoms. The minimum Gasteiger partial charge on any atom is -0.355 e.